The van der Waals surface area contributed by atoms with E-state index in [1.54, 1.807) is 22.4 Å². The van der Waals surface area contributed by atoms with E-state index in [9.17, 15) is 14.9 Å². The van der Waals surface area contributed by atoms with Crippen LogP contribution in [-0.2, 0) is 11.3 Å². The number of thiophene rings is 1. The summed E-state index contributed by atoms with van der Waals surface area (Å²) in [7, 11) is 1.34. The molecule has 0 saturated carbocycles. The van der Waals surface area contributed by atoms with Gasteiger partial charge in [0.2, 0.25) is 0 Å². The van der Waals surface area contributed by atoms with Gasteiger partial charge in [-0.2, -0.15) is 4.68 Å². The quantitative estimate of drug-likeness (QED) is 0.276. The Morgan fingerprint density at radius 1 is 1.38 bits per heavy atom. The molecule has 4 heterocycles. The van der Waals surface area contributed by atoms with E-state index in [0.717, 1.165) is 10.9 Å². The van der Waals surface area contributed by atoms with Gasteiger partial charge < -0.3 is 14.9 Å². The monoisotopic (exact) mass is 415 g/mol. The first kappa shape index (κ1) is 18.9. The molecule has 0 bridgehead atoms. The van der Waals surface area contributed by atoms with Crippen LogP contribution in [0.2, 0.25) is 0 Å². The molecule has 150 valence electrons. The number of fused-ring (bicyclic) bond motifs is 3. The maximum absolute atomic E-state index is 12.0. The van der Waals surface area contributed by atoms with E-state index in [2.05, 4.69) is 20.2 Å². The normalized spacial score (nSPS) is 12.6. The number of carbonyl (C=O) groups excluding carboxylic acids is 1. The summed E-state index contributed by atoms with van der Waals surface area (Å²) in [4.78, 5) is 32.6. The molecule has 0 aromatic carbocycles. The highest BCUT2D eigenvalue weighted by atomic mass is 32.1. The van der Waals surface area contributed by atoms with Crippen molar-refractivity contribution in [2.24, 2.45) is 0 Å². The van der Waals surface area contributed by atoms with Crippen molar-refractivity contribution < 1.29 is 14.5 Å². The molecule has 11 nitrogen and oxygen atoms in total. The van der Waals surface area contributed by atoms with Crippen LogP contribution < -0.4 is 0 Å². The van der Waals surface area contributed by atoms with Crippen LogP contribution in [0.25, 0.3) is 15.9 Å². The number of nitro groups is 1. The van der Waals surface area contributed by atoms with Gasteiger partial charge in [-0.25, -0.2) is 19.3 Å². The number of esters is 1. The predicted octanol–water partition coefficient (Wildman–Crippen LogP) is 2.65. The highest BCUT2D eigenvalue weighted by molar-refractivity contribution is 7.20. The van der Waals surface area contributed by atoms with E-state index >= 15 is 0 Å². The van der Waals surface area contributed by atoms with E-state index < -0.39 is 10.9 Å². The molecule has 0 N–H and O–H groups in total. The smallest absolute Gasteiger partial charge is 0.390 e. The topological polar surface area (TPSA) is 130 Å². The van der Waals surface area contributed by atoms with Crippen molar-refractivity contribution in [1.29, 1.82) is 0 Å². The van der Waals surface area contributed by atoms with Crippen LogP contribution in [0, 0.1) is 24.0 Å². The Morgan fingerprint density at radius 2 is 2.14 bits per heavy atom. The molecule has 0 aliphatic heterocycles. The standard InChI is InChI=1S/C17H17N7O4S/c1-8(6-22-9(2)5-11(20-22)24(26)27)14-19-15-12-10(3)13(17(25)28-4)29-16(12)18-7-23(15)21-14/h5,7-8H,6H2,1-4H3/t8-/m1/s1. The van der Waals surface area contributed by atoms with E-state index in [0.29, 0.717) is 33.4 Å². The number of ether oxygens (including phenoxy) is 1. The largest absolute Gasteiger partial charge is 0.465 e. The minimum absolute atomic E-state index is 0.151. The second-order valence-corrected chi connectivity index (χ2v) is 7.69. The van der Waals surface area contributed by atoms with Gasteiger partial charge in [0.25, 0.3) is 0 Å². The molecule has 0 spiro atoms. The number of hydrogen-bond acceptors (Lipinski definition) is 9. The Morgan fingerprint density at radius 3 is 2.79 bits per heavy atom. The molecule has 29 heavy (non-hydrogen) atoms. The molecule has 0 radical (unpaired) electrons. The molecule has 0 fully saturated rings. The van der Waals surface area contributed by atoms with Crippen LogP contribution >= 0.6 is 11.3 Å². The van der Waals surface area contributed by atoms with Gasteiger partial charge in [-0.3, -0.25) is 0 Å². The van der Waals surface area contributed by atoms with Crippen molar-refractivity contribution in [3.8, 4) is 0 Å². The highest BCUT2D eigenvalue weighted by Gasteiger charge is 2.23. The molecule has 0 amide bonds. The molecule has 1 atom stereocenters. The van der Waals surface area contributed by atoms with Crippen molar-refractivity contribution in [3.63, 3.8) is 0 Å². The summed E-state index contributed by atoms with van der Waals surface area (Å²) < 4.78 is 8.00. The third-order valence-corrected chi connectivity index (χ3v) is 5.88. The first-order chi connectivity index (χ1) is 13.8. The predicted molar refractivity (Wildman–Crippen MR) is 104 cm³/mol. The zero-order valence-corrected chi connectivity index (χ0v) is 16.9. The summed E-state index contributed by atoms with van der Waals surface area (Å²) in [5.74, 6) is -0.190. The maximum Gasteiger partial charge on any atom is 0.390 e. The third kappa shape index (κ3) is 3.10. The van der Waals surface area contributed by atoms with Crippen molar-refractivity contribution in [2.45, 2.75) is 33.2 Å². The summed E-state index contributed by atoms with van der Waals surface area (Å²) in [5.41, 5.74) is 2.04. The summed E-state index contributed by atoms with van der Waals surface area (Å²) >= 11 is 1.25. The number of aromatic nitrogens is 6. The lowest BCUT2D eigenvalue weighted by Gasteiger charge is -2.05. The van der Waals surface area contributed by atoms with Gasteiger partial charge in [-0.1, -0.05) is 6.92 Å². The summed E-state index contributed by atoms with van der Waals surface area (Å²) in [5, 5.41) is 20.2. The molecule has 4 aromatic rings. The number of aryl methyl sites for hydroxylation is 2. The summed E-state index contributed by atoms with van der Waals surface area (Å²) in [6.45, 7) is 5.91. The number of nitrogens with zero attached hydrogens (tertiary/aromatic N) is 7. The van der Waals surface area contributed by atoms with E-state index in [1.165, 1.54) is 24.5 Å². The van der Waals surface area contributed by atoms with Gasteiger partial charge >= 0.3 is 11.8 Å². The lowest BCUT2D eigenvalue weighted by Crippen LogP contribution is -2.11. The van der Waals surface area contributed by atoms with Gasteiger partial charge in [-0.15, -0.1) is 16.4 Å². The van der Waals surface area contributed by atoms with Crippen molar-refractivity contribution in [1.82, 2.24) is 29.4 Å². The van der Waals surface area contributed by atoms with Gasteiger partial charge in [0, 0.05) is 5.92 Å². The number of rotatable bonds is 5. The van der Waals surface area contributed by atoms with Gasteiger partial charge in [0.1, 0.15) is 16.0 Å². The van der Waals surface area contributed by atoms with Crippen LogP contribution in [-0.4, -0.2) is 47.4 Å². The fourth-order valence-electron chi connectivity index (χ4n) is 3.15. The van der Waals surface area contributed by atoms with Crippen LogP contribution in [0.1, 0.15) is 39.6 Å². The van der Waals surface area contributed by atoms with Crippen LogP contribution in [0.15, 0.2) is 12.4 Å². The lowest BCUT2D eigenvalue weighted by molar-refractivity contribution is -0.389. The fourth-order valence-corrected chi connectivity index (χ4v) is 4.22. The van der Waals surface area contributed by atoms with Crippen molar-refractivity contribution in [2.75, 3.05) is 7.11 Å². The number of hydrogen-bond donors (Lipinski definition) is 0. The second-order valence-electron chi connectivity index (χ2n) is 6.69. The molecule has 0 aliphatic rings. The Balaban J connectivity index is 1.73. The minimum Gasteiger partial charge on any atom is -0.465 e. The van der Waals surface area contributed by atoms with Gasteiger partial charge in [-0.05, 0) is 24.3 Å². The van der Waals surface area contributed by atoms with Gasteiger partial charge in [0.05, 0.1) is 35.9 Å². The molecule has 12 heteroatoms. The first-order valence-corrected chi connectivity index (χ1v) is 9.53. The number of carbonyl (C=O) groups is 1. The Hall–Kier alpha value is -3.41. The van der Waals surface area contributed by atoms with Crippen molar-refractivity contribution >= 4 is 39.0 Å². The molecular formula is C17H17N7O4S. The summed E-state index contributed by atoms with van der Waals surface area (Å²) in [6.07, 6.45) is 1.56. The lowest BCUT2D eigenvalue weighted by atomic mass is 10.1. The molecule has 0 saturated heterocycles. The Labute approximate surface area is 168 Å². The Kier molecular flexibility index (Phi) is 4.49. The zero-order chi connectivity index (χ0) is 20.9. The van der Waals surface area contributed by atoms with Gasteiger partial charge in [0.15, 0.2) is 11.5 Å². The zero-order valence-electron chi connectivity index (χ0n) is 16.1. The molecule has 0 aliphatic carbocycles. The first-order valence-electron chi connectivity index (χ1n) is 8.71. The SMILES string of the molecule is COC(=O)c1sc2ncn3nc([C@H](C)Cn4nc([N+](=O)[O-])cc4C)nc3c2c1C. The van der Waals surface area contributed by atoms with E-state index in [4.69, 9.17) is 4.74 Å². The highest BCUT2D eigenvalue weighted by Crippen LogP contribution is 2.32. The Bertz CT molecular complexity index is 1270. The van der Waals surface area contributed by atoms with Crippen molar-refractivity contribution in [3.05, 3.63) is 44.5 Å². The fraction of sp³-hybridized carbons (Fsp3) is 0.353. The third-order valence-electron chi connectivity index (χ3n) is 4.70. The van der Waals surface area contributed by atoms with Crippen LogP contribution in [0.3, 0.4) is 0 Å². The van der Waals surface area contributed by atoms with Crippen LogP contribution in [0.5, 0.6) is 0 Å². The molecular weight excluding hydrogens is 398 g/mol. The number of methoxy groups -OCH3 is 1. The molecule has 0 unspecified atom stereocenters. The second kappa shape index (κ2) is 6.88. The summed E-state index contributed by atoms with van der Waals surface area (Å²) in [6, 6.07) is 1.43. The molecule has 4 rings (SSSR count). The van der Waals surface area contributed by atoms with E-state index in [-0.39, 0.29) is 11.7 Å². The average molecular weight is 415 g/mol. The average Bonchev–Trinajstić information content (AvgIpc) is 3.36. The van der Waals surface area contributed by atoms with Crippen LogP contribution in [0.4, 0.5) is 5.82 Å². The van der Waals surface area contributed by atoms with E-state index in [1.807, 2.05) is 13.8 Å². The minimum atomic E-state index is -0.516. The molecule has 4 aromatic heterocycles. The maximum atomic E-state index is 12.0.